The van der Waals surface area contributed by atoms with Gasteiger partial charge in [-0.3, -0.25) is 9.69 Å². The average Bonchev–Trinajstić information content (AvgIpc) is 3.30. The van der Waals surface area contributed by atoms with Gasteiger partial charge < -0.3 is 9.47 Å². The molecule has 1 heterocycles. The van der Waals surface area contributed by atoms with E-state index < -0.39 is 29.8 Å². The zero-order valence-corrected chi connectivity index (χ0v) is 18.5. The number of benzene rings is 1. The number of esters is 1. The van der Waals surface area contributed by atoms with Crippen molar-refractivity contribution in [3.63, 3.8) is 0 Å². The third-order valence-corrected chi connectivity index (χ3v) is 6.27. The van der Waals surface area contributed by atoms with E-state index in [0.717, 1.165) is 29.3 Å². The Balaban J connectivity index is 1.48. The number of piperidine rings is 1. The van der Waals surface area contributed by atoms with Crippen molar-refractivity contribution in [3.8, 4) is 0 Å². The van der Waals surface area contributed by atoms with Gasteiger partial charge in [-0.05, 0) is 82.6 Å². The second-order valence-corrected chi connectivity index (χ2v) is 10.1. The van der Waals surface area contributed by atoms with Crippen molar-refractivity contribution in [3.05, 3.63) is 33.8 Å². The molecule has 29 heavy (non-hydrogen) atoms. The minimum absolute atomic E-state index is 0.0466. The van der Waals surface area contributed by atoms with Gasteiger partial charge in [0.05, 0.1) is 0 Å². The summed E-state index contributed by atoms with van der Waals surface area (Å²) in [5.74, 6) is -0.338. The van der Waals surface area contributed by atoms with Crippen LogP contribution in [0.2, 0.25) is 0 Å². The van der Waals surface area contributed by atoms with E-state index in [0.29, 0.717) is 24.3 Å². The Kier molecular flexibility index (Phi) is 5.21. The first kappa shape index (κ1) is 20.4. The van der Waals surface area contributed by atoms with E-state index in [4.69, 9.17) is 9.47 Å². The van der Waals surface area contributed by atoms with E-state index in [9.17, 15) is 14.4 Å². The molecule has 1 aromatic carbocycles. The van der Waals surface area contributed by atoms with Crippen molar-refractivity contribution in [1.29, 1.82) is 0 Å². The molecule has 0 aromatic heterocycles. The molecule has 2 fully saturated rings. The number of aryl methyl sites for hydroxylation is 1. The Hall–Kier alpha value is -1.89. The zero-order chi connectivity index (χ0) is 20.9. The third kappa shape index (κ3) is 4.20. The van der Waals surface area contributed by atoms with E-state index >= 15 is 0 Å². The Morgan fingerprint density at radius 2 is 1.97 bits per heavy atom. The zero-order valence-electron chi connectivity index (χ0n) is 16.9. The average molecular weight is 464 g/mol. The van der Waals surface area contributed by atoms with Crippen LogP contribution in [0.25, 0.3) is 0 Å². The van der Waals surface area contributed by atoms with Crippen LogP contribution in [0, 0.1) is 5.92 Å². The van der Waals surface area contributed by atoms with Crippen molar-refractivity contribution in [2.45, 2.75) is 76.7 Å². The summed E-state index contributed by atoms with van der Waals surface area (Å²) in [6.45, 7) is 5.41. The molecule has 1 amide bonds. The highest BCUT2D eigenvalue weighted by molar-refractivity contribution is 9.10. The first-order chi connectivity index (χ1) is 13.6. The van der Waals surface area contributed by atoms with Crippen molar-refractivity contribution in [1.82, 2.24) is 4.90 Å². The molecule has 0 N–H and O–H groups in total. The van der Waals surface area contributed by atoms with Gasteiger partial charge in [0.2, 0.25) is 5.78 Å². The predicted molar refractivity (Wildman–Crippen MR) is 110 cm³/mol. The Morgan fingerprint density at radius 1 is 1.21 bits per heavy atom. The molecule has 1 saturated carbocycles. The second-order valence-electron chi connectivity index (χ2n) is 9.19. The molecule has 0 bridgehead atoms. The van der Waals surface area contributed by atoms with Crippen LogP contribution in [0.1, 0.15) is 62.4 Å². The minimum Gasteiger partial charge on any atom is -0.452 e. The van der Waals surface area contributed by atoms with Gasteiger partial charge in [0.25, 0.3) is 0 Å². The van der Waals surface area contributed by atoms with Crippen LogP contribution < -0.4 is 0 Å². The maximum atomic E-state index is 13.0. The van der Waals surface area contributed by atoms with Crippen LogP contribution in [-0.4, -0.2) is 46.5 Å². The molecule has 2 aliphatic carbocycles. The van der Waals surface area contributed by atoms with Crippen LogP contribution in [0.15, 0.2) is 22.7 Å². The maximum absolute atomic E-state index is 13.0. The van der Waals surface area contributed by atoms with Crippen LogP contribution >= 0.6 is 15.9 Å². The first-order valence-corrected chi connectivity index (χ1v) is 11.0. The third-order valence-electron chi connectivity index (χ3n) is 5.78. The molecule has 4 rings (SSSR count). The number of nitrogens with zero attached hydrogens (tertiary/aromatic N) is 1. The number of likely N-dealkylation sites (tertiary alicyclic amines) is 1. The van der Waals surface area contributed by atoms with Crippen molar-refractivity contribution in [2.24, 2.45) is 5.92 Å². The molecule has 4 atom stereocenters. The van der Waals surface area contributed by atoms with Crippen molar-refractivity contribution in [2.75, 3.05) is 0 Å². The number of halogens is 1. The quantitative estimate of drug-likeness (QED) is 0.483. The number of Topliss-reactive ketones (excluding diaryl/α,β-unsaturated/α-hetero) is 1. The van der Waals surface area contributed by atoms with Crippen molar-refractivity contribution < 1.29 is 23.9 Å². The molecular weight excluding hydrogens is 438 g/mol. The highest BCUT2D eigenvalue weighted by Crippen LogP contribution is 2.48. The molecule has 1 aromatic rings. The lowest BCUT2D eigenvalue weighted by Gasteiger charge is -2.30. The van der Waals surface area contributed by atoms with Crippen LogP contribution in [-0.2, 0) is 20.7 Å². The second kappa shape index (κ2) is 7.42. The number of carbonyl (C=O) groups is 3. The van der Waals surface area contributed by atoms with Gasteiger partial charge in [0.15, 0.2) is 6.10 Å². The van der Waals surface area contributed by atoms with E-state index in [2.05, 4.69) is 15.9 Å². The summed E-state index contributed by atoms with van der Waals surface area (Å²) < 4.78 is 12.1. The highest BCUT2D eigenvalue weighted by Gasteiger charge is 2.58. The van der Waals surface area contributed by atoms with Gasteiger partial charge in [-0.25, -0.2) is 9.59 Å². The molecular formula is C22H26BrNO5. The van der Waals surface area contributed by atoms with Gasteiger partial charge in [-0.15, -0.1) is 0 Å². The fourth-order valence-electron chi connectivity index (χ4n) is 4.37. The summed E-state index contributed by atoms with van der Waals surface area (Å²) in [6, 6.07) is 4.94. The molecule has 1 saturated heterocycles. The Bertz CT molecular complexity index is 861. The lowest BCUT2D eigenvalue weighted by Crippen LogP contribution is -2.47. The number of carbonyl (C=O) groups excluding carboxylic acids is 3. The summed E-state index contributed by atoms with van der Waals surface area (Å²) in [4.78, 5) is 40.1. The Morgan fingerprint density at radius 3 is 2.69 bits per heavy atom. The van der Waals surface area contributed by atoms with E-state index in [1.807, 2.05) is 12.1 Å². The molecule has 7 heteroatoms. The summed E-state index contributed by atoms with van der Waals surface area (Å²) in [5, 5.41) is 0. The number of amides is 1. The van der Waals surface area contributed by atoms with Crippen LogP contribution in [0.5, 0.6) is 0 Å². The van der Waals surface area contributed by atoms with E-state index in [1.54, 1.807) is 26.8 Å². The largest absolute Gasteiger partial charge is 0.452 e. The molecule has 3 aliphatic rings. The van der Waals surface area contributed by atoms with Gasteiger partial charge >= 0.3 is 12.1 Å². The van der Waals surface area contributed by atoms with Crippen LogP contribution in [0.3, 0.4) is 0 Å². The summed E-state index contributed by atoms with van der Waals surface area (Å²) in [7, 11) is 0. The molecule has 4 unspecified atom stereocenters. The van der Waals surface area contributed by atoms with E-state index in [-0.39, 0.29) is 11.8 Å². The van der Waals surface area contributed by atoms with E-state index in [1.165, 1.54) is 4.90 Å². The van der Waals surface area contributed by atoms with Gasteiger partial charge in [0.1, 0.15) is 11.6 Å². The SMILES string of the molecule is CC(C)(C)OC(=O)N1C(C(=O)OC2CCCc3cc(Br)ccc3C2=O)CC2CC21. The normalized spacial score (nSPS) is 28.3. The monoisotopic (exact) mass is 463 g/mol. The lowest BCUT2D eigenvalue weighted by molar-refractivity contribution is -0.153. The summed E-state index contributed by atoms with van der Waals surface area (Å²) in [6.07, 6.45) is 2.21. The Labute approximate surface area is 179 Å². The fraction of sp³-hybridized carbons (Fsp3) is 0.591. The topological polar surface area (TPSA) is 72.9 Å². The fourth-order valence-corrected chi connectivity index (χ4v) is 4.78. The molecule has 0 radical (unpaired) electrons. The molecule has 6 nitrogen and oxygen atoms in total. The van der Waals surface area contributed by atoms with Gasteiger partial charge in [0, 0.05) is 16.1 Å². The smallest absolute Gasteiger partial charge is 0.411 e. The summed E-state index contributed by atoms with van der Waals surface area (Å²) >= 11 is 3.44. The van der Waals surface area contributed by atoms with Gasteiger partial charge in [-0.2, -0.15) is 0 Å². The summed E-state index contributed by atoms with van der Waals surface area (Å²) in [5.41, 5.74) is 0.954. The van der Waals surface area contributed by atoms with Crippen molar-refractivity contribution >= 4 is 33.8 Å². The van der Waals surface area contributed by atoms with Gasteiger partial charge in [-0.1, -0.05) is 15.9 Å². The number of hydrogen-bond acceptors (Lipinski definition) is 5. The predicted octanol–water partition coefficient (Wildman–Crippen LogP) is 4.28. The first-order valence-electron chi connectivity index (χ1n) is 10.2. The maximum Gasteiger partial charge on any atom is 0.411 e. The highest BCUT2D eigenvalue weighted by atomic mass is 79.9. The van der Waals surface area contributed by atoms with Crippen LogP contribution in [0.4, 0.5) is 4.79 Å². The number of ether oxygens (including phenoxy) is 2. The molecule has 156 valence electrons. The molecule has 0 spiro atoms. The number of ketones is 1. The lowest BCUT2D eigenvalue weighted by atomic mass is 10.0. The number of hydrogen-bond donors (Lipinski definition) is 0. The standard InChI is InChI=1S/C22H26BrNO5/c1-22(2,3)29-21(27)24-16-10-13(16)11-17(24)20(26)28-18-6-4-5-12-9-14(23)7-8-15(12)19(18)25/h7-9,13,16-18H,4-6,10-11H2,1-3H3. The number of rotatable bonds is 2. The minimum atomic E-state index is -0.803. The number of fused-ring (bicyclic) bond motifs is 2. The molecule has 1 aliphatic heterocycles.